The molecule has 1 atom stereocenters. The molecule has 0 saturated heterocycles. The molecule has 0 aliphatic heterocycles. The van der Waals surface area contributed by atoms with Crippen molar-refractivity contribution in [3.63, 3.8) is 0 Å². The molecule has 0 radical (unpaired) electrons. The Balaban J connectivity index is 2.10. The zero-order chi connectivity index (χ0) is 17.7. The first-order valence-electron chi connectivity index (χ1n) is 6.79. The van der Waals surface area contributed by atoms with Gasteiger partial charge in [-0.1, -0.05) is 29.8 Å². The van der Waals surface area contributed by atoms with Crippen LogP contribution >= 0.6 is 11.6 Å². The van der Waals surface area contributed by atoms with E-state index in [1.54, 1.807) is 18.4 Å². The van der Waals surface area contributed by atoms with Crippen molar-refractivity contribution in [2.24, 2.45) is 0 Å². The minimum absolute atomic E-state index is 0.191. The van der Waals surface area contributed by atoms with Gasteiger partial charge in [-0.15, -0.1) is 0 Å². The standard InChI is InChI=1S/C15H15ClN2O4S2/c1-23(20)9-11-3-2-4-13(7-11)15(19)18-24(21,22)10-12-5-6-14(16)17-8-12/h2-8H,9-10H2,1H3,(H,18,19). The summed E-state index contributed by atoms with van der Waals surface area (Å²) in [4.78, 5) is 15.9. The molecule has 2 rings (SSSR count). The molecule has 24 heavy (non-hydrogen) atoms. The number of carbonyl (C=O) groups excluding carboxylic acids is 1. The van der Waals surface area contributed by atoms with Gasteiger partial charge >= 0.3 is 0 Å². The van der Waals surface area contributed by atoms with Gasteiger partial charge < -0.3 is 0 Å². The number of benzene rings is 1. The smallest absolute Gasteiger partial charge is 0.264 e. The first kappa shape index (κ1) is 18.6. The minimum Gasteiger partial charge on any atom is -0.268 e. The quantitative estimate of drug-likeness (QED) is 0.765. The van der Waals surface area contributed by atoms with E-state index in [-0.39, 0.29) is 16.5 Å². The zero-order valence-corrected chi connectivity index (χ0v) is 15.1. The second kappa shape index (κ2) is 7.87. The third kappa shape index (κ3) is 5.70. The van der Waals surface area contributed by atoms with Gasteiger partial charge in [0.2, 0.25) is 10.0 Å². The molecular formula is C15H15ClN2O4S2. The molecule has 1 aromatic heterocycles. The van der Waals surface area contributed by atoms with Crippen LogP contribution in [0.5, 0.6) is 0 Å². The van der Waals surface area contributed by atoms with Crippen LogP contribution in [-0.2, 0) is 32.3 Å². The maximum atomic E-state index is 12.1. The van der Waals surface area contributed by atoms with Gasteiger partial charge in [-0.05, 0) is 29.3 Å². The number of amides is 1. The highest BCUT2D eigenvalue weighted by molar-refractivity contribution is 7.89. The van der Waals surface area contributed by atoms with Crippen molar-refractivity contribution in [3.8, 4) is 0 Å². The van der Waals surface area contributed by atoms with Gasteiger partial charge in [0.1, 0.15) is 5.15 Å². The topological polar surface area (TPSA) is 93.2 Å². The Bertz CT molecular complexity index is 867. The number of pyridine rings is 1. The number of carbonyl (C=O) groups is 1. The summed E-state index contributed by atoms with van der Waals surface area (Å²) >= 11 is 5.65. The lowest BCUT2D eigenvalue weighted by atomic mass is 10.1. The molecule has 1 amide bonds. The van der Waals surface area contributed by atoms with Crippen molar-refractivity contribution in [2.45, 2.75) is 11.5 Å². The number of sulfonamides is 1. The number of hydrogen-bond acceptors (Lipinski definition) is 5. The lowest BCUT2D eigenvalue weighted by Crippen LogP contribution is -2.31. The Kier molecular flexibility index (Phi) is 6.09. The van der Waals surface area contributed by atoms with Crippen LogP contribution in [-0.4, -0.2) is 29.8 Å². The highest BCUT2D eigenvalue weighted by Crippen LogP contribution is 2.10. The molecule has 6 nitrogen and oxygen atoms in total. The molecule has 9 heteroatoms. The van der Waals surface area contributed by atoms with Gasteiger partial charge in [0.05, 0.1) is 5.75 Å². The summed E-state index contributed by atoms with van der Waals surface area (Å²) in [5.41, 5.74) is 1.30. The number of rotatable bonds is 6. The van der Waals surface area contributed by atoms with Crippen LogP contribution in [0, 0.1) is 0 Å². The Hall–Kier alpha value is -1.77. The predicted octanol–water partition coefficient (Wildman–Crippen LogP) is 1.87. The fourth-order valence-corrected chi connectivity index (χ4v) is 3.83. The van der Waals surface area contributed by atoms with E-state index in [2.05, 4.69) is 4.98 Å². The molecule has 1 unspecified atom stereocenters. The van der Waals surface area contributed by atoms with Gasteiger partial charge in [0, 0.05) is 34.6 Å². The molecule has 128 valence electrons. The van der Waals surface area contributed by atoms with Crippen LogP contribution in [0.3, 0.4) is 0 Å². The molecule has 2 aromatic rings. The Morgan fingerprint density at radius 3 is 2.62 bits per heavy atom. The highest BCUT2D eigenvalue weighted by atomic mass is 35.5. The number of halogens is 1. The molecular weight excluding hydrogens is 372 g/mol. The summed E-state index contributed by atoms with van der Waals surface area (Å²) < 4.78 is 37.4. The van der Waals surface area contributed by atoms with Gasteiger partial charge in [-0.3, -0.25) is 9.00 Å². The molecule has 0 bridgehead atoms. The van der Waals surface area contributed by atoms with E-state index < -0.39 is 26.7 Å². The number of nitrogens with zero attached hydrogens (tertiary/aromatic N) is 1. The van der Waals surface area contributed by atoms with Crippen molar-refractivity contribution in [1.82, 2.24) is 9.71 Å². The Morgan fingerprint density at radius 1 is 1.25 bits per heavy atom. The molecule has 0 spiro atoms. The van der Waals surface area contributed by atoms with Crippen LogP contribution in [0.25, 0.3) is 0 Å². The fourth-order valence-electron chi connectivity index (χ4n) is 1.98. The fraction of sp³-hybridized carbons (Fsp3) is 0.200. The summed E-state index contributed by atoms with van der Waals surface area (Å²) in [5.74, 6) is -0.827. The van der Waals surface area contributed by atoms with E-state index in [0.29, 0.717) is 16.9 Å². The zero-order valence-electron chi connectivity index (χ0n) is 12.7. The van der Waals surface area contributed by atoms with Gasteiger partial charge in [-0.2, -0.15) is 0 Å². The first-order valence-corrected chi connectivity index (χ1v) is 10.5. The molecule has 0 aliphatic carbocycles. The lowest BCUT2D eigenvalue weighted by molar-refractivity contribution is 0.0981. The maximum Gasteiger partial charge on any atom is 0.264 e. The summed E-state index contributed by atoms with van der Waals surface area (Å²) in [6, 6.07) is 9.37. The van der Waals surface area contributed by atoms with E-state index in [9.17, 15) is 17.4 Å². The largest absolute Gasteiger partial charge is 0.268 e. The van der Waals surface area contributed by atoms with Crippen LogP contribution in [0.1, 0.15) is 21.5 Å². The highest BCUT2D eigenvalue weighted by Gasteiger charge is 2.17. The Labute approximate surface area is 147 Å². The van der Waals surface area contributed by atoms with E-state index in [1.807, 2.05) is 4.72 Å². The third-order valence-corrected chi connectivity index (χ3v) is 5.13. The van der Waals surface area contributed by atoms with Crippen LogP contribution in [0.4, 0.5) is 0 Å². The second-order valence-corrected chi connectivity index (χ2v) is 8.64. The number of nitrogens with one attached hydrogen (secondary N) is 1. The van der Waals surface area contributed by atoms with E-state index in [0.717, 1.165) is 0 Å². The van der Waals surface area contributed by atoms with Gasteiger partial charge in [0.15, 0.2) is 0 Å². The van der Waals surface area contributed by atoms with E-state index in [1.165, 1.54) is 30.5 Å². The molecule has 0 fully saturated rings. The second-order valence-electron chi connectivity index (χ2n) is 5.10. The van der Waals surface area contributed by atoms with Gasteiger partial charge in [-0.25, -0.2) is 18.1 Å². The van der Waals surface area contributed by atoms with Crippen molar-refractivity contribution < 1.29 is 17.4 Å². The van der Waals surface area contributed by atoms with E-state index >= 15 is 0 Å². The SMILES string of the molecule is CS(=O)Cc1cccc(C(=O)NS(=O)(=O)Cc2ccc(Cl)nc2)c1. The Morgan fingerprint density at radius 2 is 2.00 bits per heavy atom. The molecule has 1 N–H and O–H groups in total. The summed E-state index contributed by atoms with van der Waals surface area (Å²) in [6.45, 7) is 0. The van der Waals surface area contributed by atoms with E-state index in [4.69, 9.17) is 11.6 Å². The number of hydrogen-bond donors (Lipinski definition) is 1. The normalized spacial score (nSPS) is 12.6. The van der Waals surface area contributed by atoms with Crippen molar-refractivity contribution in [3.05, 3.63) is 64.4 Å². The molecule has 0 saturated carbocycles. The van der Waals surface area contributed by atoms with Crippen molar-refractivity contribution in [1.29, 1.82) is 0 Å². The summed E-state index contributed by atoms with van der Waals surface area (Å²) in [5, 5.41) is 0.255. The monoisotopic (exact) mass is 386 g/mol. The van der Waals surface area contributed by atoms with Crippen LogP contribution in [0.15, 0.2) is 42.6 Å². The van der Waals surface area contributed by atoms with Crippen LogP contribution in [0.2, 0.25) is 5.15 Å². The average Bonchev–Trinajstić information content (AvgIpc) is 2.48. The molecule has 0 aliphatic rings. The third-order valence-electron chi connectivity index (χ3n) is 2.95. The van der Waals surface area contributed by atoms with Gasteiger partial charge in [0.25, 0.3) is 5.91 Å². The first-order chi connectivity index (χ1) is 11.2. The summed E-state index contributed by atoms with van der Waals surface area (Å²) in [7, 11) is -4.93. The lowest BCUT2D eigenvalue weighted by Gasteiger charge is -2.08. The van der Waals surface area contributed by atoms with Crippen LogP contribution < -0.4 is 4.72 Å². The van der Waals surface area contributed by atoms with Crippen molar-refractivity contribution in [2.75, 3.05) is 6.26 Å². The molecule has 1 heterocycles. The van der Waals surface area contributed by atoms with Crippen molar-refractivity contribution >= 4 is 38.3 Å². The predicted molar refractivity (Wildman–Crippen MR) is 93.5 cm³/mol. The molecule has 1 aromatic carbocycles. The average molecular weight is 387 g/mol. The number of aromatic nitrogens is 1. The maximum absolute atomic E-state index is 12.1. The minimum atomic E-state index is -3.87. The summed E-state index contributed by atoms with van der Waals surface area (Å²) in [6.07, 6.45) is 2.89.